The molecule has 2 N–H and O–H groups in total. The molecule has 0 aliphatic carbocycles. The molecule has 0 saturated carbocycles. The van der Waals surface area contributed by atoms with Gasteiger partial charge in [0.25, 0.3) is 0 Å². The third-order valence-corrected chi connectivity index (χ3v) is 6.49. The smallest absolute Gasteiger partial charge is 0.240 e. The lowest BCUT2D eigenvalue weighted by molar-refractivity contribution is -0.117. The molecule has 1 fully saturated rings. The molecule has 0 unspecified atom stereocenters. The van der Waals surface area contributed by atoms with E-state index < -0.39 is 0 Å². The molecule has 0 bridgehead atoms. The second-order valence-corrected chi connectivity index (χ2v) is 9.00. The highest BCUT2D eigenvalue weighted by molar-refractivity contribution is 9.10. The number of H-pyrrole nitrogens is 1. The van der Waals surface area contributed by atoms with Crippen molar-refractivity contribution in [2.24, 2.45) is 0 Å². The van der Waals surface area contributed by atoms with E-state index in [0.717, 1.165) is 58.9 Å². The fourth-order valence-corrected chi connectivity index (χ4v) is 4.81. The van der Waals surface area contributed by atoms with Crippen molar-refractivity contribution in [2.45, 2.75) is 0 Å². The van der Waals surface area contributed by atoms with Crippen LogP contribution in [0.3, 0.4) is 0 Å². The lowest BCUT2D eigenvalue weighted by atomic mass is 10.2. The van der Waals surface area contributed by atoms with Crippen LogP contribution in [-0.2, 0) is 4.79 Å². The van der Waals surface area contributed by atoms with Crippen molar-refractivity contribution in [3.05, 3.63) is 52.6 Å². The lowest BCUT2D eigenvalue weighted by Crippen LogP contribution is -2.48. The van der Waals surface area contributed by atoms with Crippen LogP contribution in [0.2, 0.25) is 0 Å². The Hall–Kier alpha value is -2.82. The average Bonchev–Trinajstić information content (AvgIpc) is 3.45. The molecule has 1 aliphatic rings. The van der Waals surface area contributed by atoms with Crippen LogP contribution in [0.5, 0.6) is 0 Å². The number of amides is 1. The molecule has 3 aromatic heterocycles. The maximum absolute atomic E-state index is 12.3. The first-order valence-electron chi connectivity index (χ1n) is 9.93. The van der Waals surface area contributed by atoms with E-state index in [1.165, 1.54) is 11.3 Å². The van der Waals surface area contributed by atoms with Gasteiger partial charge in [-0.2, -0.15) is 0 Å². The minimum Gasteiger partial charge on any atom is -0.366 e. The van der Waals surface area contributed by atoms with Crippen LogP contribution in [0.15, 0.2) is 52.6 Å². The number of halogens is 1. The van der Waals surface area contributed by atoms with Gasteiger partial charge in [0.2, 0.25) is 5.91 Å². The molecular formula is C21H20BrN7OS. The number of carbonyl (C=O) groups is 1. The second-order valence-electron chi connectivity index (χ2n) is 7.25. The molecule has 4 aromatic rings. The van der Waals surface area contributed by atoms with Crippen molar-refractivity contribution < 1.29 is 4.79 Å². The van der Waals surface area contributed by atoms with Crippen molar-refractivity contribution >= 4 is 55.2 Å². The predicted molar refractivity (Wildman–Crippen MR) is 126 cm³/mol. The summed E-state index contributed by atoms with van der Waals surface area (Å²) in [6.45, 7) is 3.54. The number of nitrogens with zero attached hydrogens (tertiary/aromatic N) is 5. The number of benzene rings is 1. The Bertz CT molecular complexity index is 1190. The van der Waals surface area contributed by atoms with Crippen LogP contribution >= 0.6 is 27.3 Å². The SMILES string of the molecule is O=C(CN1CCN(c2c(Br)cnc3[nH]c(-c4ccccc4)nc23)CC1)Nc1nccs1. The third-order valence-electron chi connectivity index (χ3n) is 5.22. The molecular weight excluding hydrogens is 478 g/mol. The average molecular weight is 498 g/mol. The highest BCUT2D eigenvalue weighted by atomic mass is 79.9. The number of imidazole rings is 1. The summed E-state index contributed by atoms with van der Waals surface area (Å²) in [6, 6.07) is 10.0. The molecule has 0 radical (unpaired) electrons. The van der Waals surface area contributed by atoms with Gasteiger partial charge in [-0.25, -0.2) is 15.0 Å². The molecule has 5 rings (SSSR count). The van der Waals surface area contributed by atoms with E-state index in [-0.39, 0.29) is 5.91 Å². The molecule has 31 heavy (non-hydrogen) atoms. The number of hydrogen-bond acceptors (Lipinski definition) is 7. The number of aromatic amines is 1. The van der Waals surface area contributed by atoms with Crippen molar-refractivity contribution in [2.75, 3.05) is 42.9 Å². The molecule has 4 heterocycles. The van der Waals surface area contributed by atoms with Gasteiger partial charge < -0.3 is 15.2 Å². The zero-order chi connectivity index (χ0) is 21.2. The summed E-state index contributed by atoms with van der Waals surface area (Å²) in [5, 5.41) is 5.33. The monoisotopic (exact) mass is 497 g/mol. The van der Waals surface area contributed by atoms with Gasteiger partial charge in [0.1, 0.15) is 11.3 Å². The second kappa shape index (κ2) is 8.74. The molecule has 8 nitrogen and oxygen atoms in total. The van der Waals surface area contributed by atoms with Crippen LogP contribution in [0.25, 0.3) is 22.6 Å². The maximum atomic E-state index is 12.3. The molecule has 0 atom stereocenters. The Balaban J connectivity index is 1.30. The maximum Gasteiger partial charge on any atom is 0.240 e. The van der Waals surface area contributed by atoms with Gasteiger partial charge in [-0.05, 0) is 15.9 Å². The Morgan fingerprint density at radius 2 is 1.97 bits per heavy atom. The number of anilines is 2. The van der Waals surface area contributed by atoms with E-state index in [4.69, 9.17) is 4.98 Å². The fourth-order valence-electron chi connectivity index (χ4n) is 3.73. The van der Waals surface area contributed by atoms with Crippen molar-refractivity contribution in [1.29, 1.82) is 0 Å². The van der Waals surface area contributed by atoms with Gasteiger partial charge in [0.05, 0.1) is 16.7 Å². The number of aromatic nitrogens is 4. The number of fused-ring (bicyclic) bond motifs is 1. The zero-order valence-electron chi connectivity index (χ0n) is 16.6. The number of hydrogen-bond donors (Lipinski definition) is 2. The number of nitrogens with one attached hydrogen (secondary N) is 2. The number of rotatable bonds is 5. The first-order valence-corrected chi connectivity index (χ1v) is 11.6. The van der Waals surface area contributed by atoms with Crippen molar-refractivity contribution in [3.63, 3.8) is 0 Å². The normalized spacial score (nSPS) is 14.8. The highest BCUT2D eigenvalue weighted by Gasteiger charge is 2.24. The molecule has 1 aromatic carbocycles. The minimum absolute atomic E-state index is 0.0318. The number of piperazine rings is 1. The summed E-state index contributed by atoms with van der Waals surface area (Å²) in [5.41, 5.74) is 3.68. The van der Waals surface area contributed by atoms with Gasteiger partial charge in [0, 0.05) is 49.5 Å². The first kappa shape index (κ1) is 20.1. The third kappa shape index (κ3) is 4.32. The van der Waals surface area contributed by atoms with E-state index in [1.807, 2.05) is 41.9 Å². The van der Waals surface area contributed by atoms with Gasteiger partial charge in [-0.15, -0.1) is 11.3 Å². The Morgan fingerprint density at radius 1 is 1.16 bits per heavy atom. The minimum atomic E-state index is -0.0318. The van der Waals surface area contributed by atoms with Gasteiger partial charge in [-0.1, -0.05) is 30.3 Å². The fraction of sp³-hybridized carbons (Fsp3) is 0.238. The van der Waals surface area contributed by atoms with Crippen molar-refractivity contribution in [1.82, 2.24) is 24.8 Å². The van der Waals surface area contributed by atoms with E-state index in [9.17, 15) is 4.79 Å². The summed E-state index contributed by atoms with van der Waals surface area (Å²) in [4.78, 5) is 33.5. The largest absolute Gasteiger partial charge is 0.366 e. The van der Waals surface area contributed by atoms with E-state index in [1.54, 1.807) is 6.20 Å². The van der Waals surface area contributed by atoms with Crippen LogP contribution in [-0.4, -0.2) is 63.5 Å². The van der Waals surface area contributed by atoms with E-state index >= 15 is 0 Å². The quantitative estimate of drug-likeness (QED) is 0.437. The first-order chi connectivity index (χ1) is 15.2. The van der Waals surface area contributed by atoms with Crippen LogP contribution in [0.1, 0.15) is 0 Å². The highest BCUT2D eigenvalue weighted by Crippen LogP contribution is 2.34. The predicted octanol–water partition coefficient (Wildman–Crippen LogP) is 3.60. The molecule has 1 aliphatic heterocycles. The Morgan fingerprint density at radius 3 is 2.71 bits per heavy atom. The molecule has 1 amide bonds. The summed E-state index contributed by atoms with van der Waals surface area (Å²) in [6.07, 6.45) is 3.50. The molecule has 10 heteroatoms. The molecule has 158 valence electrons. The summed E-state index contributed by atoms with van der Waals surface area (Å²) in [5.74, 6) is 0.774. The van der Waals surface area contributed by atoms with Gasteiger partial charge in [0.15, 0.2) is 10.8 Å². The number of thiazole rings is 1. The topological polar surface area (TPSA) is 90.0 Å². The van der Waals surface area contributed by atoms with Crippen LogP contribution in [0, 0.1) is 0 Å². The number of pyridine rings is 1. The number of carbonyl (C=O) groups excluding carboxylic acids is 1. The van der Waals surface area contributed by atoms with Gasteiger partial charge >= 0.3 is 0 Å². The van der Waals surface area contributed by atoms with Crippen LogP contribution in [0.4, 0.5) is 10.8 Å². The van der Waals surface area contributed by atoms with Crippen LogP contribution < -0.4 is 10.2 Å². The summed E-state index contributed by atoms with van der Waals surface area (Å²) >= 11 is 5.09. The molecule has 1 saturated heterocycles. The van der Waals surface area contributed by atoms with E-state index in [0.29, 0.717) is 11.7 Å². The van der Waals surface area contributed by atoms with E-state index in [2.05, 4.69) is 46.0 Å². The molecule has 0 spiro atoms. The Kier molecular flexibility index (Phi) is 5.66. The zero-order valence-corrected chi connectivity index (χ0v) is 19.0. The summed E-state index contributed by atoms with van der Waals surface area (Å²) in [7, 11) is 0. The lowest BCUT2D eigenvalue weighted by Gasteiger charge is -2.36. The standard InChI is InChI=1S/C21H20BrN7OS/c22-15-12-24-20-17(26-19(27-20)14-4-2-1-3-5-14)18(15)29-9-7-28(8-10-29)13-16(30)25-21-23-6-11-31-21/h1-6,11-12H,7-10,13H2,(H,23,25,30)(H,24,26,27). The van der Waals surface area contributed by atoms with Gasteiger partial charge in [-0.3, -0.25) is 9.69 Å². The summed E-state index contributed by atoms with van der Waals surface area (Å²) < 4.78 is 0.918. The Labute approximate surface area is 191 Å². The van der Waals surface area contributed by atoms with Crippen molar-refractivity contribution in [3.8, 4) is 11.4 Å².